The van der Waals surface area contributed by atoms with E-state index in [4.69, 9.17) is 9.47 Å². The lowest BCUT2D eigenvalue weighted by molar-refractivity contribution is -0.129. The minimum atomic E-state index is -0.781. The number of benzene rings is 1. The van der Waals surface area contributed by atoms with E-state index >= 15 is 0 Å². The van der Waals surface area contributed by atoms with Crippen molar-refractivity contribution in [3.63, 3.8) is 0 Å². The second kappa shape index (κ2) is 12.6. The van der Waals surface area contributed by atoms with E-state index in [1.807, 2.05) is 0 Å². The van der Waals surface area contributed by atoms with Gasteiger partial charge in [0.05, 0.1) is 26.5 Å². The van der Waals surface area contributed by atoms with E-state index in [2.05, 4.69) is 26.3 Å². The third-order valence-corrected chi connectivity index (χ3v) is 6.91. The van der Waals surface area contributed by atoms with Crippen LogP contribution in [0.4, 0.5) is 0 Å². The highest BCUT2D eigenvalue weighted by Gasteiger charge is 2.29. The monoisotopic (exact) mass is 512 g/mol. The average Bonchev–Trinajstić information content (AvgIpc) is 3.36. The SMILES string of the molecule is COc1ccc2cc1OCCCn1cc(nn1)CNC(=O)[C@@H](C)NC(=O)[C@H](CC1CCCCC1)NC2=O. The number of carbonyl (C=O) groups is 3. The van der Waals surface area contributed by atoms with Crippen LogP contribution >= 0.6 is 0 Å². The van der Waals surface area contributed by atoms with Crippen LogP contribution in [-0.2, 0) is 22.7 Å². The van der Waals surface area contributed by atoms with Gasteiger partial charge in [0.1, 0.15) is 17.8 Å². The van der Waals surface area contributed by atoms with Crippen molar-refractivity contribution >= 4 is 17.7 Å². The fourth-order valence-corrected chi connectivity index (χ4v) is 4.81. The second-order valence-corrected chi connectivity index (χ2v) is 9.75. The maximum Gasteiger partial charge on any atom is 0.252 e. The number of hydrogen-bond acceptors (Lipinski definition) is 7. The summed E-state index contributed by atoms with van der Waals surface area (Å²) in [6.07, 6.45) is 8.42. The summed E-state index contributed by atoms with van der Waals surface area (Å²) in [4.78, 5) is 39.2. The van der Waals surface area contributed by atoms with Gasteiger partial charge in [0.15, 0.2) is 11.5 Å². The van der Waals surface area contributed by atoms with Crippen molar-refractivity contribution in [2.75, 3.05) is 13.7 Å². The topological polar surface area (TPSA) is 136 Å². The predicted octanol–water partition coefficient (Wildman–Crippen LogP) is 1.96. The number of nitrogens with zero attached hydrogens (tertiary/aromatic N) is 3. The van der Waals surface area contributed by atoms with Crippen LogP contribution in [0.15, 0.2) is 24.4 Å². The zero-order valence-electron chi connectivity index (χ0n) is 21.5. The molecule has 11 nitrogen and oxygen atoms in total. The number of ether oxygens (including phenoxy) is 2. The first-order chi connectivity index (χ1) is 17.9. The van der Waals surface area contributed by atoms with Crippen LogP contribution < -0.4 is 25.4 Å². The summed E-state index contributed by atoms with van der Waals surface area (Å²) in [5, 5.41) is 16.7. The zero-order valence-corrected chi connectivity index (χ0v) is 21.5. The Balaban J connectivity index is 1.58. The third kappa shape index (κ3) is 7.21. The number of aryl methyl sites for hydroxylation is 1. The number of carbonyl (C=O) groups excluding carboxylic acids is 3. The molecule has 0 saturated heterocycles. The molecule has 2 aliphatic rings. The highest BCUT2D eigenvalue weighted by atomic mass is 16.5. The molecule has 2 atom stereocenters. The molecule has 1 aromatic carbocycles. The summed E-state index contributed by atoms with van der Waals surface area (Å²) in [5.41, 5.74) is 0.976. The molecule has 3 amide bonds. The number of nitrogens with one attached hydrogen (secondary N) is 3. The molecular formula is C26H36N6O5. The van der Waals surface area contributed by atoms with Crippen LogP contribution in [0, 0.1) is 5.92 Å². The molecule has 1 aliphatic heterocycles. The number of fused-ring (bicyclic) bond motifs is 4. The largest absolute Gasteiger partial charge is 0.493 e. The molecule has 0 unspecified atom stereocenters. The predicted molar refractivity (Wildman–Crippen MR) is 135 cm³/mol. The number of aromatic nitrogens is 3. The Morgan fingerprint density at radius 3 is 2.68 bits per heavy atom. The Morgan fingerprint density at radius 1 is 1.08 bits per heavy atom. The van der Waals surface area contributed by atoms with Crippen molar-refractivity contribution in [3.05, 3.63) is 35.7 Å². The van der Waals surface area contributed by atoms with Crippen LogP contribution in [-0.4, -0.2) is 58.5 Å². The summed E-state index contributed by atoms with van der Waals surface area (Å²) >= 11 is 0. The molecule has 200 valence electrons. The van der Waals surface area contributed by atoms with Crippen LogP contribution in [0.2, 0.25) is 0 Å². The third-order valence-electron chi connectivity index (χ3n) is 6.91. The van der Waals surface area contributed by atoms with E-state index in [0.717, 1.165) is 25.7 Å². The van der Waals surface area contributed by atoms with Gasteiger partial charge in [0.2, 0.25) is 11.8 Å². The lowest BCUT2D eigenvalue weighted by Gasteiger charge is -2.27. The normalized spacial score (nSPS) is 22.4. The van der Waals surface area contributed by atoms with E-state index in [9.17, 15) is 14.4 Å². The molecule has 3 N–H and O–H groups in total. The van der Waals surface area contributed by atoms with E-state index < -0.39 is 12.1 Å². The first-order valence-corrected chi connectivity index (χ1v) is 13.0. The van der Waals surface area contributed by atoms with Crippen molar-refractivity contribution in [2.24, 2.45) is 5.92 Å². The first kappa shape index (κ1) is 26.4. The molecule has 11 heteroatoms. The van der Waals surface area contributed by atoms with E-state index in [1.54, 1.807) is 43.1 Å². The Labute approximate surface area is 216 Å². The molecule has 1 aromatic heterocycles. The molecule has 2 aromatic rings. The highest BCUT2D eigenvalue weighted by Crippen LogP contribution is 2.29. The highest BCUT2D eigenvalue weighted by molar-refractivity contribution is 5.98. The Bertz CT molecular complexity index is 1100. The molecule has 0 spiro atoms. The Kier molecular flexibility index (Phi) is 8.97. The van der Waals surface area contributed by atoms with Crippen molar-refractivity contribution in [1.29, 1.82) is 0 Å². The molecule has 4 rings (SSSR count). The summed E-state index contributed by atoms with van der Waals surface area (Å²) in [6.45, 7) is 2.76. The van der Waals surface area contributed by atoms with Gasteiger partial charge in [-0.3, -0.25) is 19.1 Å². The second-order valence-electron chi connectivity index (χ2n) is 9.75. The maximum absolute atomic E-state index is 13.3. The Morgan fingerprint density at radius 2 is 1.89 bits per heavy atom. The number of amides is 3. The molecule has 0 radical (unpaired) electrons. The van der Waals surface area contributed by atoms with Gasteiger partial charge in [-0.15, -0.1) is 5.10 Å². The van der Waals surface area contributed by atoms with Gasteiger partial charge in [0, 0.05) is 18.5 Å². The average molecular weight is 513 g/mol. The molecular weight excluding hydrogens is 476 g/mol. The number of hydrogen-bond donors (Lipinski definition) is 3. The van der Waals surface area contributed by atoms with Crippen LogP contribution in [0.1, 0.15) is 67.9 Å². The fraction of sp³-hybridized carbons (Fsp3) is 0.577. The summed E-state index contributed by atoms with van der Waals surface area (Å²) in [5.74, 6) is 0.206. The maximum atomic E-state index is 13.3. The fourth-order valence-electron chi connectivity index (χ4n) is 4.81. The van der Waals surface area contributed by atoms with Crippen molar-refractivity contribution in [2.45, 2.75) is 77.0 Å². The molecule has 37 heavy (non-hydrogen) atoms. The summed E-state index contributed by atoms with van der Waals surface area (Å²) < 4.78 is 13.0. The van der Waals surface area contributed by atoms with Crippen LogP contribution in [0.3, 0.4) is 0 Å². The first-order valence-electron chi connectivity index (χ1n) is 13.0. The van der Waals surface area contributed by atoms with Crippen LogP contribution in [0.25, 0.3) is 0 Å². The quantitative estimate of drug-likeness (QED) is 0.572. The zero-order chi connectivity index (χ0) is 26.2. The van der Waals surface area contributed by atoms with Gasteiger partial charge >= 0.3 is 0 Å². The van der Waals surface area contributed by atoms with Gasteiger partial charge in [-0.2, -0.15) is 0 Å². The number of rotatable bonds is 3. The lowest BCUT2D eigenvalue weighted by Crippen LogP contribution is -2.53. The van der Waals surface area contributed by atoms with Crippen molar-refractivity contribution in [1.82, 2.24) is 30.9 Å². The van der Waals surface area contributed by atoms with Gasteiger partial charge in [-0.25, -0.2) is 0 Å². The van der Waals surface area contributed by atoms with E-state index in [1.165, 1.54) is 6.42 Å². The standard InChI is InChI=1S/C26H36N6O5/c1-17-24(33)27-15-20-16-32(31-30-20)11-6-12-37-23-14-19(9-10-22(23)36-2)25(34)29-21(26(35)28-17)13-18-7-4-3-5-8-18/h9-10,14,16-18,21H,3-8,11-13,15H2,1-2H3,(H,27,33)(H,28,35)(H,29,34)/t17-,21+/m1/s1. The smallest absolute Gasteiger partial charge is 0.252 e. The summed E-state index contributed by atoms with van der Waals surface area (Å²) in [7, 11) is 1.54. The van der Waals surface area contributed by atoms with Gasteiger partial charge in [0.25, 0.3) is 5.91 Å². The van der Waals surface area contributed by atoms with Gasteiger partial charge in [-0.05, 0) is 37.5 Å². The van der Waals surface area contributed by atoms with Gasteiger partial charge < -0.3 is 25.4 Å². The van der Waals surface area contributed by atoms with Gasteiger partial charge in [-0.1, -0.05) is 37.3 Å². The molecule has 1 saturated carbocycles. The van der Waals surface area contributed by atoms with Crippen molar-refractivity contribution in [3.8, 4) is 11.5 Å². The molecule has 1 fully saturated rings. The van der Waals surface area contributed by atoms with Crippen LogP contribution in [0.5, 0.6) is 11.5 Å². The summed E-state index contributed by atoms with van der Waals surface area (Å²) in [6, 6.07) is 3.41. The molecule has 2 heterocycles. The van der Waals surface area contributed by atoms with E-state index in [-0.39, 0.29) is 24.3 Å². The lowest BCUT2D eigenvalue weighted by atomic mass is 9.84. The molecule has 4 bridgehead atoms. The Hall–Kier alpha value is -3.63. The minimum absolute atomic E-state index is 0.195. The minimum Gasteiger partial charge on any atom is -0.493 e. The molecule has 1 aliphatic carbocycles. The number of methoxy groups -OCH3 is 1. The van der Waals surface area contributed by atoms with Crippen molar-refractivity contribution < 1.29 is 23.9 Å². The van der Waals surface area contributed by atoms with E-state index in [0.29, 0.717) is 54.7 Å².